The molecule has 11 heavy (non-hydrogen) atoms. The fraction of sp³-hybridized carbons (Fsp3) is 0.818. The van der Waals surface area contributed by atoms with Crippen molar-refractivity contribution in [3.8, 4) is 0 Å². The van der Waals surface area contributed by atoms with E-state index in [1.165, 1.54) is 12.8 Å². The molecular formula is C11H22. The summed E-state index contributed by atoms with van der Waals surface area (Å²) in [5, 5.41) is 0. The van der Waals surface area contributed by atoms with Gasteiger partial charge in [-0.05, 0) is 31.6 Å². The molecule has 0 amide bonds. The molecule has 0 saturated carbocycles. The van der Waals surface area contributed by atoms with Crippen LogP contribution in [0.5, 0.6) is 0 Å². The van der Waals surface area contributed by atoms with Crippen molar-refractivity contribution in [1.29, 1.82) is 0 Å². The van der Waals surface area contributed by atoms with Crippen molar-refractivity contribution in [2.75, 3.05) is 0 Å². The number of rotatable bonds is 4. The smallest absolute Gasteiger partial charge is 0.0229 e. The van der Waals surface area contributed by atoms with Crippen molar-refractivity contribution in [2.24, 2.45) is 11.8 Å². The van der Waals surface area contributed by atoms with Crippen LogP contribution in [0.2, 0.25) is 0 Å². The van der Waals surface area contributed by atoms with Crippen molar-refractivity contribution in [3.05, 3.63) is 11.6 Å². The molecule has 0 rings (SSSR count). The highest BCUT2D eigenvalue weighted by molar-refractivity contribution is 5.03. The summed E-state index contributed by atoms with van der Waals surface area (Å²) in [7, 11) is 0. The molecular weight excluding hydrogens is 132 g/mol. The Hall–Kier alpha value is -0.260. The Labute approximate surface area is 71.7 Å². The van der Waals surface area contributed by atoms with Crippen LogP contribution in [0.4, 0.5) is 0 Å². The summed E-state index contributed by atoms with van der Waals surface area (Å²) in [5.41, 5.74) is 1.61. The lowest BCUT2D eigenvalue weighted by molar-refractivity contribution is 0.478. The molecule has 0 bridgehead atoms. The first-order chi connectivity index (χ1) is 5.11. The van der Waals surface area contributed by atoms with E-state index in [9.17, 15) is 0 Å². The lowest BCUT2D eigenvalue weighted by Crippen LogP contribution is -2.02. The Morgan fingerprint density at radius 2 is 1.82 bits per heavy atom. The summed E-state index contributed by atoms with van der Waals surface area (Å²) >= 11 is 0. The van der Waals surface area contributed by atoms with E-state index >= 15 is 0 Å². The van der Waals surface area contributed by atoms with Gasteiger partial charge in [0.2, 0.25) is 0 Å². The molecule has 0 aromatic rings. The Kier molecular flexibility index (Phi) is 5.27. The number of allylic oxidation sites excluding steroid dienone is 2. The topological polar surface area (TPSA) is 0 Å². The zero-order chi connectivity index (χ0) is 8.85. The van der Waals surface area contributed by atoms with Crippen molar-refractivity contribution >= 4 is 0 Å². The third-order valence-corrected chi connectivity index (χ3v) is 2.24. The van der Waals surface area contributed by atoms with E-state index in [0.29, 0.717) is 0 Å². The number of hydrogen-bond donors (Lipinski definition) is 0. The van der Waals surface area contributed by atoms with E-state index in [1.54, 1.807) is 5.57 Å². The van der Waals surface area contributed by atoms with Gasteiger partial charge in [0.05, 0.1) is 0 Å². The van der Waals surface area contributed by atoms with Crippen LogP contribution in [0.1, 0.15) is 47.5 Å². The molecule has 0 aliphatic carbocycles. The summed E-state index contributed by atoms with van der Waals surface area (Å²) in [6, 6.07) is 0. The van der Waals surface area contributed by atoms with Gasteiger partial charge in [-0.1, -0.05) is 39.3 Å². The molecule has 0 fully saturated rings. The molecule has 1 atom stereocenters. The van der Waals surface area contributed by atoms with Gasteiger partial charge < -0.3 is 0 Å². The molecule has 0 aromatic heterocycles. The highest BCUT2D eigenvalue weighted by Gasteiger charge is 2.07. The molecule has 0 aliphatic rings. The summed E-state index contributed by atoms with van der Waals surface area (Å²) in [4.78, 5) is 0. The molecule has 0 radical (unpaired) electrons. The van der Waals surface area contributed by atoms with Gasteiger partial charge in [-0.2, -0.15) is 0 Å². The average molecular weight is 154 g/mol. The highest BCUT2D eigenvalue weighted by atomic mass is 14.1. The molecule has 0 spiro atoms. The Bertz CT molecular complexity index is 120. The van der Waals surface area contributed by atoms with Crippen LogP contribution in [0, 0.1) is 11.8 Å². The number of hydrogen-bond acceptors (Lipinski definition) is 0. The monoisotopic (exact) mass is 154 g/mol. The van der Waals surface area contributed by atoms with Crippen LogP contribution in [-0.4, -0.2) is 0 Å². The Balaban J connectivity index is 3.90. The zero-order valence-electron chi connectivity index (χ0n) is 8.65. The maximum Gasteiger partial charge on any atom is -0.0229 e. The standard InChI is InChI=1S/C11H22/c1-6-11(7-2)10(5)8-9(3)4/h6,9-10H,7-8H2,1-5H3/b11-6-. The van der Waals surface area contributed by atoms with Gasteiger partial charge in [-0.3, -0.25) is 0 Å². The minimum atomic E-state index is 0.782. The lowest BCUT2D eigenvalue weighted by atomic mass is 9.90. The first kappa shape index (κ1) is 10.7. The molecule has 0 heteroatoms. The van der Waals surface area contributed by atoms with E-state index in [1.807, 2.05) is 0 Å². The van der Waals surface area contributed by atoms with Gasteiger partial charge in [0.15, 0.2) is 0 Å². The fourth-order valence-corrected chi connectivity index (χ4v) is 1.70. The second-order valence-corrected chi connectivity index (χ2v) is 3.75. The van der Waals surface area contributed by atoms with Gasteiger partial charge in [0.25, 0.3) is 0 Å². The Morgan fingerprint density at radius 1 is 1.27 bits per heavy atom. The third kappa shape index (κ3) is 4.23. The molecule has 0 saturated heterocycles. The van der Waals surface area contributed by atoms with Crippen LogP contribution in [0.25, 0.3) is 0 Å². The first-order valence-corrected chi connectivity index (χ1v) is 4.76. The maximum absolute atomic E-state index is 2.33. The minimum absolute atomic E-state index is 0.782. The van der Waals surface area contributed by atoms with Gasteiger partial charge in [0, 0.05) is 0 Å². The first-order valence-electron chi connectivity index (χ1n) is 4.76. The summed E-state index contributed by atoms with van der Waals surface area (Å²) in [5.74, 6) is 1.61. The van der Waals surface area contributed by atoms with Crippen LogP contribution < -0.4 is 0 Å². The van der Waals surface area contributed by atoms with E-state index in [0.717, 1.165) is 11.8 Å². The Morgan fingerprint density at radius 3 is 2.09 bits per heavy atom. The van der Waals surface area contributed by atoms with Gasteiger partial charge in [0.1, 0.15) is 0 Å². The largest absolute Gasteiger partial charge is 0.0882 e. The molecule has 66 valence electrons. The molecule has 0 aliphatic heterocycles. The summed E-state index contributed by atoms with van der Waals surface area (Å²) in [6.45, 7) is 11.3. The minimum Gasteiger partial charge on any atom is -0.0882 e. The summed E-state index contributed by atoms with van der Waals surface area (Å²) < 4.78 is 0. The van der Waals surface area contributed by atoms with Crippen molar-refractivity contribution in [3.63, 3.8) is 0 Å². The van der Waals surface area contributed by atoms with Gasteiger partial charge in [-0.25, -0.2) is 0 Å². The quantitative estimate of drug-likeness (QED) is 0.536. The third-order valence-electron chi connectivity index (χ3n) is 2.24. The second-order valence-electron chi connectivity index (χ2n) is 3.75. The van der Waals surface area contributed by atoms with Crippen molar-refractivity contribution in [2.45, 2.75) is 47.5 Å². The molecule has 1 unspecified atom stereocenters. The van der Waals surface area contributed by atoms with E-state index in [-0.39, 0.29) is 0 Å². The van der Waals surface area contributed by atoms with Crippen LogP contribution in [0.3, 0.4) is 0 Å². The molecule has 0 nitrogen and oxygen atoms in total. The van der Waals surface area contributed by atoms with Gasteiger partial charge >= 0.3 is 0 Å². The van der Waals surface area contributed by atoms with E-state index < -0.39 is 0 Å². The average Bonchev–Trinajstić information content (AvgIpc) is 1.88. The van der Waals surface area contributed by atoms with Crippen molar-refractivity contribution < 1.29 is 0 Å². The fourth-order valence-electron chi connectivity index (χ4n) is 1.70. The molecule has 0 aromatic carbocycles. The van der Waals surface area contributed by atoms with Crippen molar-refractivity contribution in [1.82, 2.24) is 0 Å². The van der Waals surface area contributed by atoms with Crippen LogP contribution in [-0.2, 0) is 0 Å². The van der Waals surface area contributed by atoms with Crippen LogP contribution in [0.15, 0.2) is 11.6 Å². The SMILES string of the molecule is C/C=C(/CC)C(C)CC(C)C. The summed E-state index contributed by atoms with van der Waals surface area (Å²) in [6.07, 6.45) is 4.81. The zero-order valence-corrected chi connectivity index (χ0v) is 8.65. The van der Waals surface area contributed by atoms with E-state index in [4.69, 9.17) is 0 Å². The van der Waals surface area contributed by atoms with Crippen LogP contribution >= 0.6 is 0 Å². The predicted molar refractivity (Wildman–Crippen MR) is 52.7 cm³/mol. The normalized spacial score (nSPS) is 15.6. The lowest BCUT2D eigenvalue weighted by Gasteiger charge is -2.16. The van der Waals surface area contributed by atoms with E-state index in [2.05, 4.69) is 40.7 Å². The predicted octanol–water partition coefficient (Wildman–Crippen LogP) is 4.02. The second kappa shape index (κ2) is 5.40. The van der Waals surface area contributed by atoms with Gasteiger partial charge in [-0.15, -0.1) is 0 Å². The molecule has 0 heterocycles. The highest BCUT2D eigenvalue weighted by Crippen LogP contribution is 2.21. The molecule has 0 N–H and O–H groups in total. The maximum atomic E-state index is 2.33.